The predicted octanol–water partition coefficient (Wildman–Crippen LogP) is 2.36. The Morgan fingerprint density at radius 3 is 3.50 bits per heavy atom. The normalized spacial score (nSPS) is 29.5. The van der Waals surface area contributed by atoms with Crippen LogP contribution in [0.3, 0.4) is 0 Å². The molecule has 0 amide bonds. The minimum absolute atomic E-state index is 0.466. The summed E-state index contributed by atoms with van der Waals surface area (Å²) in [6.07, 6.45) is 5.57. The summed E-state index contributed by atoms with van der Waals surface area (Å²) >= 11 is 1.76. The van der Waals surface area contributed by atoms with E-state index >= 15 is 0 Å². The molecule has 1 nitrogen and oxygen atoms in total. The zero-order chi connectivity index (χ0) is 6.97. The van der Waals surface area contributed by atoms with Crippen LogP contribution in [0.15, 0.2) is 27.6 Å². The van der Waals surface area contributed by atoms with Gasteiger partial charge >= 0.3 is 0 Å². The topological polar surface area (TPSA) is 12.4 Å². The Morgan fingerprint density at radius 1 is 1.70 bits per heavy atom. The average molecular weight is 151 g/mol. The van der Waals surface area contributed by atoms with Crippen LogP contribution in [0.25, 0.3) is 0 Å². The molecule has 1 aliphatic carbocycles. The number of rotatable bonds is 0. The number of aliphatic imine (C=N–C) groups is 1. The molecule has 1 atom stereocenters. The third kappa shape index (κ3) is 0.926. The van der Waals surface area contributed by atoms with Crippen LogP contribution < -0.4 is 0 Å². The molecule has 1 unspecified atom stereocenters. The smallest absolute Gasteiger partial charge is 0.0852 e. The molecule has 0 aromatic heterocycles. The van der Waals surface area contributed by atoms with Crippen LogP contribution in [0.2, 0.25) is 0 Å². The van der Waals surface area contributed by atoms with Gasteiger partial charge in [0.2, 0.25) is 0 Å². The van der Waals surface area contributed by atoms with Crippen molar-refractivity contribution in [3.8, 4) is 0 Å². The van der Waals surface area contributed by atoms with Gasteiger partial charge in [0, 0.05) is 4.91 Å². The molecule has 0 saturated heterocycles. The summed E-state index contributed by atoms with van der Waals surface area (Å²) in [7, 11) is 0. The van der Waals surface area contributed by atoms with Gasteiger partial charge in [-0.2, -0.15) is 0 Å². The lowest BCUT2D eigenvalue weighted by molar-refractivity contribution is 0.821. The van der Waals surface area contributed by atoms with Crippen LogP contribution in [0.5, 0.6) is 0 Å². The van der Waals surface area contributed by atoms with E-state index < -0.39 is 0 Å². The molecule has 0 bridgehead atoms. The number of hydrogen-bond donors (Lipinski definition) is 0. The Kier molecular flexibility index (Phi) is 1.42. The van der Waals surface area contributed by atoms with Crippen LogP contribution in [-0.2, 0) is 0 Å². The van der Waals surface area contributed by atoms with Gasteiger partial charge in [-0.25, -0.2) is 0 Å². The van der Waals surface area contributed by atoms with Crippen molar-refractivity contribution in [2.45, 2.75) is 19.4 Å². The molecular formula is C8H9NS. The summed E-state index contributed by atoms with van der Waals surface area (Å²) in [5.41, 5.74) is 3.33. The lowest BCUT2D eigenvalue weighted by Gasteiger charge is -2.11. The van der Waals surface area contributed by atoms with Gasteiger partial charge in [-0.05, 0) is 19.4 Å². The molecule has 1 aliphatic heterocycles. The molecule has 0 fully saturated rings. The highest BCUT2D eigenvalue weighted by Crippen LogP contribution is 2.32. The van der Waals surface area contributed by atoms with Crippen LogP contribution >= 0.6 is 11.8 Å². The number of thioether (sulfide) groups is 1. The minimum atomic E-state index is 0.466. The van der Waals surface area contributed by atoms with E-state index in [1.807, 2.05) is 5.55 Å². The van der Waals surface area contributed by atoms with E-state index in [1.54, 1.807) is 11.8 Å². The fourth-order valence-corrected chi connectivity index (χ4v) is 2.10. The summed E-state index contributed by atoms with van der Waals surface area (Å²) in [5.74, 6) is 0. The Morgan fingerprint density at radius 2 is 2.60 bits per heavy atom. The molecule has 0 radical (unpaired) electrons. The molecule has 0 saturated carbocycles. The molecule has 2 rings (SSSR count). The summed E-state index contributed by atoms with van der Waals surface area (Å²) in [5, 5.41) is 0. The molecule has 52 valence electrons. The Bertz CT molecular complexity index is 238. The van der Waals surface area contributed by atoms with E-state index in [1.165, 1.54) is 10.5 Å². The van der Waals surface area contributed by atoms with Crippen LogP contribution in [0.4, 0.5) is 0 Å². The molecule has 0 aromatic rings. The highest BCUT2D eigenvalue weighted by Gasteiger charge is 2.18. The maximum absolute atomic E-state index is 4.32. The lowest BCUT2D eigenvalue weighted by atomic mass is 10.0. The summed E-state index contributed by atoms with van der Waals surface area (Å²) in [6.45, 7) is 2.14. The second kappa shape index (κ2) is 2.27. The zero-order valence-corrected chi connectivity index (χ0v) is 6.69. The van der Waals surface area contributed by atoms with Crippen molar-refractivity contribution in [3.63, 3.8) is 0 Å². The third-order valence-corrected chi connectivity index (χ3v) is 2.68. The quantitative estimate of drug-likeness (QED) is 0.517. The maximum atomic E-state index is 4.32. The largest absolute Gasteiger partial charge is 0.277 e. The van der Waals surface area contributed by atoms with Crippen LogP contribution in [-0.4, -0.2) is 11.6 Å². The monoisotopic (exact) mass is 151 g/mol. The van der Waals surface area contributed by atoms with E-state index in [0.29, 0.717) is 6.04 Å². The van der Waals surface area contributed by atoms with E-state index in [2.05, 4.69) is 24.1 Å². The van der Waals surface area contributed by atoms with E-state index in [9.17, 15) is 0 Å². The van der Waals surface area contributed by atoms with E-state index in [-0.39, 0.29) is 0 Å². The Balaban J connectivity index is 2.29. The van der Waals surface area contributed by atoms with Crippen molar-refractivity contribution in [1.82, 2.24) is 0 Å². The standard InChI is InChI=1S/C8H9NS/c1-6-2-3-7-8(4-6)10-5-9-7/h2,4-5,7H,3H2,1H3. The zero-order valence-electron chi connectivity index (χ0n) is 5.87. The molecule has 10 heavy (non-hydrogen) atoms. The van der Waals surface area contributed by atoms with Gasteiger partial charge in [0.25, 0.3) is 0 Å². The van der Waals surface area contributed by atoms with Gasteiger partial charge in [-0.3, -0.25) is 4.99 Å². The van der Waals surface area contributed by atoms with Crippen molar-refractivity contribution < 1.29 is 0 Å². The second-order valence-electron chi connectivity index (χ2n) is 2.62. The van der Waals surface area contributed by atoms with Crippen molar-refractivity contribution >= 4 is 17.3 Å². The number of hydrogen-bond acceptors (Lipinski definition) is 2. The van der Waals surface area contributed by atoms with Crippen molar-refractivity contribution in [2.75, 3.05) is 0 Å². The summed E-state index contributed by atoms with van der Waals surface area (Å²) < 4.78 is 0. The SMILES string of the molecule is CC1=CCC2N=CSC2=C1. The maximum Gasteiger partial charge on any atom is 0.0852 e. The lowest BCUT2D eigenvalue weighted by Crippen LogP contribution is -2.03. The molecular weight excluding hydrogens is 142 g/mol. The van der Waals surface area contributed by atoms with Gasteiger partial charge in [-0.15, -0.1) is 0 Å². The van der Waals surface area contributed by atoms with Gasteiger partial charge < -0.3 is 0 Å². The second-order valence-corrected chi connectivity index (χ2v) is 3.54. The molecule has 2 heteroatoms. The molecule has 0 N–H and O–H groups in total. The average Bonchev–Trinajstić information content (AvgIpc) is 2.33. The fourth-order valence-electron chi connectivity index (χ4n) is 1.20. The van der Waals surface area contributed by atoms with Crippen LogP contribution in [0.1, 0.15) is 13.3 Å². The predicted molar refractivity (Wildman–Crippen MR) is 46.3 cm³/mol. The molecule has 0 spiro atoms. The third-order valence-electron chi connectivity index (χ3n) is 1.79. The van der Waals surface area contributed by atoms with Crippen LogP contribution in [0, 0.1) is 0 Å². The van der Waals surface area contributed by atoms with Crippen molar-refractivity contribution in [1.29, 1.82) is 0 Å². The van der Waals surface area contributed by atoms with Crippen molar-refractivity contribution in [2.24, 2.45) is 4.99 Å². The molecule has 2 aliphatic rings. The van der Waals surface area contributed by atoms with Gasteiger partial charge in [0.05, 0.1) is 11.6 Å². The Hall–Kier alpha value is -0.500. The number of allylic oxidation sites excluding steroid dienone is 2. The van der Waals surface area contributed by atoms with Gasteiger partial charge in [0.1, 0.15) is 0 Å². The van der Waals surface area contributed by atoms with Crippen molar-refractivity contribution in [3.05, 3.63) is 22.6 Å². The first-order valence-corrected chi connectivity index (χ1v) is 4.31. The van der Waals surface area contributed by atoms with Gasteiger partial charge in [0.15, 0.2) is 0 Å². The van der Waals surface area contributed by atoms with E-state index in [4.69, 9.17) is 0 Å². The first-order chi connectivity index (χ1) is 4.86. The summed E-state index contributed by atoms with van der Waals surface area (Å²) in [4.78, 5) is 5.73. The molecule has 1 heterocycles. The highest BCUT2D eigenvalue weighted by atomic mass is 32.2. The number of nitrogens with zero attached hydrogens (tertiary/aromatic N) is 1. The number of fused-ring (bicyclic) bond motifs is 1. The van der Waals surface area contributed by atoms with E-state index in [0.717, 1.165) is 6.42 Å². The highest BCUT2D eigenvalue weighted by molar-refractivity contribution is 8.15. The first-order valence-electron chi connectivity index (χ1n) is 3.43. The summed E-state index contributed by atoms with van der Waals surface area (Å²) in [6, 6.07) is 0.466. The minimum Gasteiger partial charge on any atom is -0.277 e. The van der Waals surface area contributed by atoms with Gasteiger partial charge in [-0.1, -0.05) is 23.4 Å². The first kappa shape index (κ1) is 6.23. The molecule has 0 aromatic carbocycles. The fraction of sp³-hybridized carbons (Fsp3) is 0.375. The Labute approximate surface area is 64.9 Å².